The maximum absolute atomic E-state index is 6.01. The first-order chi connectivity index (χ1) is 12.2. The lowest BCUT2D eigenvalue weighted by atomic mass is 10.2. The van der Waals surface area contributed by atoms with E-state index in [-0.39, 0.29) is 0 Å². The molecule has 5 heteroatoms. The van der Waals surface area contributed by atoms with E-state index in [4.69, 9.17) is 14.2 Å². The minimum atomic E-state index is 0.508. The Hall–Kier alpha value is -1.56. The smallest absolute Gasteiger partial charge is 0.175 e. The first-order valence-corrected chi connectivity index (χ1v) is 9.35. The molecule has 0 heterocycles. The van der Waals surface area contributed by atoms with Gasteiger partial charge in [0.2, 0.25) is 0 Å². The van der Waals surface area contributed by atoms with Crippen LogP contribution in [-0.4, -0.2) is 26.9 Å². The second kappa shape index (κ2) is 11.1. The van der Waals surface area contributed by atoms with Gasteiger partial charge < -0.3 is 19.5 Å². The second-order valence-corrected chi connectivity index (χ2v) is 6.49. The van der Waals surface area contributed by atoms with Crippen molar-refractivity contribution in [3.05, 3.63) is 58.1 Å². The fraction of sp³-hybridized carbons (Fsp3) is 0.400. The number of ether oxygens (including phenoxy) is 3. The van der Waals surface area contributed by atoms with Crippen LogP contribution in [0.1, 0.15) is 24.5 Å². The highest BCUT2D eigenvalue weighted by molar-refractivity contribution is 9.10. The Morgan fingerprint density at radius 1 is 1.04 bits per heavy atom. The van der Waals surface area contributed by atoms with Crippen LogP contribution in [0, 0.1) is 0 Å². The lowest BCUT2D eigenvalue weighted by Crippen LogP contribution is -2.16. The average Bonchev–Trinajstić information content (AvgIpc) is 2.62. The van der Waals surface area contributed by atoms with Crippen LogP contribution in [0.25, 0.3) is 0 Å². The van der Waals surface area contributed by atoms with E-state index in [1.54, 1.807) is 7.11 Å². The zero-order valence-electron chi connectivity index (χ0n) is 14.9. The van der Waals surface area contributed by atoms with E-state index in [1.165, 1.54) is 0 Å². The highest BCUT2D eigenvalue weighted by Gasteiger charge is 2.12. The van der Waals surface area contributed by atoms with Gasteiger partial charge in [-0.05, 0) is 59.1 Å². The van der Waals surface area contributed by atoms with Crippen molar-refractivity contribution < 1.29 is 14.2 Å². The van der Waals surface area contributed by atoms with Gasteiger partial charge in [0.05, 0.1) is 11.1 Å². The van der Waals surface area contributed by atoms with Crippen molar-refractivity contribution >= 4 is 15.9 Å². The van der Waals surface area contributed by atoms with Gasteiger partial charge in [-0.1, -0.05) is 30.3 Å². The molecule has 0 aliphatic heterocycles. The SMILES string of the molecule is CCOc1cc(CNCCCOC)cc(Br)c1OCc1ccccc1. The maximum atomic E-state index is 6.01. The third-order valence-corrected chi connectivity index (χ3v) is 4.22. The first kappa shape index (κ1) is 19.8. The summed E-state index contributed by atoms with van der Waals surface area (Å²) >= 11 is 3.62. The summed E-state index contributed by atoms with van der Waals surface area (Å²) in [5, 5.41) is 3.41. The van der Waals surface area contributed by atoms with Crippen LogP contribution in [0.3, 0.4) is 0 Å². The Morgan fingerprint density at radius 3 is 2.56 bits per heavy atom. The lowest BCUT2D eigenvalue weighted by Gasteiger charge is -2.16. The van der Waals surface area contributed by atoms with Crippen LogP contribution < -0.4 is 14.8 Å². The predicted molar refractivity (Wildman–Crippen MR) is 104 cm³/mol. The van der Waals surface area contributed by atoms with Crippen LogP contribution in [0.4, 0.5) is 0 Å². The van der Waals surface area contributed by atoms with Gasteiger partial charge in [0.25, 0.3) is 0 Å². The van der Waals surface area contributed by atoms with E-state index in [0.717, 1.165) is 53.2 Å². The number of hydrogen-bond acceptors (Lipinski definition) is 4. The number of halogens is 1. The van der Waals surface area contributed by atoms with Gasteiger partial charge in [-0.3, -0.25) is 0 Å². The third kappa shape index (κ3) is 6.69. The van der Waals surface area contributed by atoms with Gasteiger partial charge in [-0.15, -0.1) is 0 Å². The Balaban J connectivity index is 2.03. The molecule has 0 unspecified atom stereocenters. The summed E-state index contributed by atoms with van der Waals surface area (Å²) in [7, 11) is 1.72. The van der Waals surface area contributed by atoms with E-state index >= 15 is 0 Å². The van der Waals surface area contributed by atoms with Crippen LogP contribution in [-0.2, 0) is 17.9 Å². The van der Waals surface area contributed by atoms with Crippen molar-refractivity contribution in [2.24, 2.45) is 0 Å². The predicted octanol–water partition coefficient (Wildman–Crippen LogP) is 4.55. The summed E-state index contributed by atoms with van der Waals surface area (Å²) in [6, 6.07) is 14.2. The molecule has 0 bridgehead atoms. The highest BCUT2D eigenvalue weighted by atomic mass is 79.9. The molecule has 0 radical (unpaired) electrons. The van der Waals surface area contributed by atoms with E-state index < -0.39 is 0 Å². The molecule has 0 amide bonds. The number of benzene rings is 2. The van der Waals surface area contributed by atoms with Gasteiger partial charge in [0, 0.05) is 20.3 Å². The van der Waals surface area contributed by atoms with Gasteiger partial charge in [-0.25, -0.2) is 0 Å². The topological polar surface area (TPSA) is 39.7 Å². The minimum absolute atomic E-state index is 0.508. The normalized spacial score (nSPS) is 10.7. The highest BCUT2D eigenvalue weighted by Crippen LogP contribution is 2.37. The van der Waals surface area contributed by atoms with Gasteiger partial charge in [-0.2, -0.15) is 0 Å². The van der Waals surface area contributed by atoms with E-state index in [2.05, 4.69) is 27.3 Å². The molecule has 2 aromatic rings. The van der Waals surface area contributed by atoms with E-state index in [9.17, 15) is 0 Å². The van der Waals surface area contributed by atoms with Crippen molar-refractivity contribution in [2.45, 2.75) is 26.5 Å². The average molecular weight is 408 g/mol. The van der Waals surface area contributed by atoms with Crippen LogP contribution in [0.15, 0.2) is 46.9 Å². The third-order valence-electron chi connectivity index (χ3n) is 3.63. The molecule has 0 aliphatic rings. The van der Waals surface area contributed by atoms with Crippen molar-refractivity contribution in [3.63, 3.8) is 0 Å². The van der Waals surface area contributed by atoms with Crippen LogP contribution >= 0.6 is 15.9 Å². The van der Waals surface area contributed by atoms with E-state index in [0.29, 0.717) is 13.2 Å². The van der Waals surface area contributed by atoms with Crippen molar-refractivity contribution in [1.82, 2.24) is 5.32 Å². The van der Waals surface area contributed by atoms with Gasteiger partial charge in [0.15, 0.2) is 11.5 Å². The number of hydrogen-bond donors (Lipinski definition) is 1. The molecule has 2 rings (SSSR count). The zero-order chi connectivity index (χ0) is 17.9. The molecular weight excluding hydrogens is 382 g/mol. The Labute approximate surface area is 158 Å². The molecule has 136 valence electrons. The number of nitrogens with one attached hydrogen (secondary N) is 1. The number of rotatable bonds is 11. The molecule has 0 aromatic heterocycles. The molecule has 25 heavy (non-hydrogen) atoms. The van der Waals surface area contributed by atoms with Crippen molar-refractivity contribution in [2.75, 3.05) is 26.9 Å². The Kier molecular flexibility index (Phi) is 8.80. The molecule has 0 fully saturated rings. The monoisotopic (exact) mass is 407 g/mol. The maximum Gasteiger partial charge on any atom is 0.175 e. The van der Waals surface area contributed by atoms with E-state index in [1.807, 2.05) is 43.3 Å². The molecule has 0 atom stereocenters. The molecule has 1 N–H and O–H groups in total. The fourth-order valence-electron chi connectivity index (χ4n) is 2.43. The molecule has 4 nitrogen and oxygen atoms in total. The Morgan fingerprint density at radius 2 is 1.84 bits per heavy atom. The fourth-order valence-corrected chi connectivity index (χ4v) is 3.03. The molecular formula is C20H26BrNO3. The molecule has 0 spiro atoms. The molecule has 0 saturated heterocycles. The Bertz CT molecular complexity index is 634. The minimum Gasteiger partial charge on any atom is -0.490 e. The largest absolute Gasteiger partial charge is 0.490 e. The summed E-state index contributed by atoms with van der Waals surface area (Å²) in [4.78, 5) is 0. The standard InChI is InChI=1S/C20H26BrNO3/c1-3-24-19-13-17(14-22-10-7-11-23-2)12-18(21)20(19)25-15-16-8-5-4-6-9-16/h4-6,8-9,12-13,22H,3,7,10-11,14-15H2,1-2H3. The van der Waals surface area contributed by atoms with Crippen molar-refractivity contribution in [1.29, 1.82) is 0 Å². The van der Waals surface area contributed by atoms with Gasteiger partial charge >= 0.3 is 0 Å². The van der Waals surface area contributed by atoms with Gasteiger partial charge in [0.1, 0.15) is 6.61 Å². The summed E-state index contributed by atoms with van der Waals surface area (Å²) in [6.07, 6.45) is 0.994. The summed E-state index contributed by atoms with van der Waals surface area (Å²) in [5.41, 5.74) is 2.28. The lowest BCUT2D eigenvalue weighted by molar-refractivity contribution is 0.194. The molecule has 0 saturated carbocycles. The second-order valence-electron chi connectivity index (χ2n) is 5.64. The summed E-state index contributed by atoms with van der Waals surface area (Å²) < 4.78 is 17.8. The van der Waals surface area contributed by atoms with Crippen LogP contribution in [0.5, 0.6) is 11.5 Å². The zero-order valence-corrected chi connectivity index (χ0v) is 16.5. The quantitative estimate of drug-likeness (QED) is 0.554. The molecule has 2 aromatic carbocycles. The number of methoxy groups -OCH3 is 1. The molecule has 0 aliphatic carbocycles. The van der Waals surface area contributed by atoms with Crippen molar-refractivity contribution in [3.8, 4) is 11.5 Å². The summed E-state index contributed by atoms with van der Waals surface area (Å²) in [6.45, 7) is 5.55. The first-order valence-electron chi connectivity index (χ1n) is 8.56. The summed E-state index contributed by atoms with van der Waals surface area (Å²) in [5.74, 6) is 1.51. The van der Waals surface area contributed by atoms with Crippen LogP contribution in [0.2, 0.25) is 0 Å².